The molecule has 49 heavy (non-hydrogen) atoms. The number of aromatic nitrogens is 4. The highest BCUT2D eigenvalue weighted by Crippen LogP contribution is 2.24. The Hall–Kier alpha value is -3.35. The molecule has 0 aliphatic heterocycles. The van der Waals surface area contributed by atoms with Crippen LogP contribution in [0.25, 0.3) is 0 Å². The van der Waals surface area contributed by atoms with Gasteiger partial charge < -0.3 is 25.7 Å². The number of nitrogens with zero attached hydrogens (tertiary/aromatic N) is 3. The van der Waals surface area contributed by atoms with Crippen molar-refractivity contribution >= 4 is 10.0 Å². The summed E-state index contributed by atoms with van der Waals surface area (Å²) in [6.45, 7) is 15.7. The van der Waals surface area contributed by atoms with Crippen molar-refractivity contribution in [2.45, 2.75) is 102 Å². The minimum absolute atomic E-state index is 0.0547. The molecule has 11 heteroatoms. The molecule has 0 saturated carbocycles. The van der Waals surface area contributed by atoms with E-state index in [1.807, 2.05) is 38.4 Å². The number of benzene rings is 2. The quantitative estimate of drug-likeness (QED) is 0.0708. The molecule has 0 aliphatic carbocycles. The minimum Gasteiger partial charge on any atom is -0.396 e. The number of aliphatic hydroxyl groups excluding tert-OH is 1. The number of imidazole rings is 2. The van der Waals surface area contributed by atoms with Gasteiger partial charge in [0.05, 0.1) is 4.90 Å². The van der Waals surface area contributed by atoms with E-state index in [-0.39, 0.29) is 17.7 Å². The summed E-state index contributed by atoms with van der Waals surface area (Å²) in [5, 5.41) is 16.1. The van der Waals surface area contributed by atoms with Crippen molar-refractivity contribution in [3.8, 4) is 0 Å². The van der Waals surface area contributed by atoms with Crippen LogP contribution >= 0.6 is 0 Å². The summed E-state index contributed by atoms with van der Waals surface area (Å²) in [6, 6.07) is 15.8. The average molecular weight is 694 g/mol. The van der Waals surface area contributed by atoms with Gasteiger partial charge in [-0.3, -0.25) is 0 Å². The van der Waals surface area contributed by atoms with E-state index in [0.717, 1.165) is 75.2 Å². The molecule has 270 valence electrons. The van der Waals surface area contributed by atoms with Gasteiger partial charge in [-0.25, -0.2) is 18.4 Å². The second kappa shape index (κ2) is 19.7. The van der Waals surface area contributed by atoms with Crippen molar-refractivity contribution in [1.29, 1.82) is 0 Å². The summed E-state index contributed by atoms with van der Waals surface area (Å²) < 4.78 is 27.4. The summed E-state index contributed by atoms with van der Waals surface area (Å²) in [4.78, 5) is 15.1. The van der Waals surface area contributed by atoms with Gasteiger partial charge in [0.25, 0.3) is 0 Å². The lowest BCUT2D eigenvalue weighted by Gasteiger charge is -2.28. The Morgan fingerprint density at radius 3 is 1.55 bits per heavy atom. The molecule has 5 N–H and O–H groups in total. The molecule has 0 radical (unpaired) electrons. The van der Waals surface area contributed by atoms with Crippen LogP contribution < -0.4 is 10.6 Å². The van der Waals surface area contributed by atoms with E-state index in [1.54, 1.807) is 28.8 Å². The van der Waals surface area contributed by atoms with E-state index in [2.05, 4.69) is 82.5 Å². The first-order chi connectivity index (χ1) is 23.4. The minimum atomic E-state index is -3.43. The maximum Gasteiger partial charge on any atom is 0.243 e. The largest absolute Gasteiger partial charge is 0.396 e. The van der Waals surface area contributed by atoms with Crippen molar-refractivity contribution in [1.82, 2.24) is 34.9 Å². The van der Waals surface area contributed by atoms with Crippen molar-refractivity contribution in [3.05, 3.63) is 102 Å². The molecular weight excluding hydrogens is 635 g/mol. The first-order valence-electron chi connectivity index (χ1n) is 17.7. The topological polar surface area (TPSA) is 139 Å². The third kappa shape index (κ3) is 12.8. The van der Waals surface area contributed by atoms with Gasteiger partial charge in [0.2, 0.25) is 10.0 Å². The molecule has 0 aliphatic rings. The van der Waals surface area contributed by atoms with Gasteiger partial charge in [-0.1, -0.05) is 50.2 Å². The Bertz CT molecular complexity index is 1550. The highest BCUT2D eigenvalue weighted by Gasteiger charge is 2.25. The number of hydrogen-bond acceptors (Lipinski definition) is 7. The van der Waals surface area contributed by atoms with E-state index in [4.69, 9.17) is 5.11 Å². The number of hydrogen-bond donors (Lipinski definition) is 5. The normalized spacial score (nSPS) is 12.2. The Morgan fingerprint density at radius 1 is 0.714 bits per heavy atom. The molecule has 0 unspecified atom stereocenters. The Morgan fingerprint density at radius 2 is 1.16 bits per heavy atom. The number of aromatic amines is 2. The number of nitrogens with one attached hydrogen (secondary N) is 4. The second-order valence-corrected chi connectivity index (χ2v) is 15.4. The zero-order chi connectivity index (χ0) is 35.8. The van der Waals surface area contributed by atoms with Crippen molar-refractivity contribution in [2.75, 3.05) is 32.8 Å². The van der Waals surface area contributed by atoms with Crippen LogP contribution in [-0.2, 0) is 40.4 Å². The highest BCUT2D eigenvalue weighted by molar-refractivity contribution is 7.89. The molecule has 4 rings (SSSR count). The number of aliphatic hydroxyl groups is 1. The third-order valence-electron chi connectivity index (χ3n) is 8.66. The Balaban J connectivity index is 0.000000276. The number of aryl methyl sites for hydroxylation is 2. The first kappa shape index (κ1) is 40.1. The SMILES string of the molecule is CC(C)(NCCCc1ncc[nH]1)c1ccc(CCO)cc1.CCCN(CCC)S(=O)(=O)c1ccc(C(C)(C)NCCCc2ncc[nH]2)cc1. The molecule has 0 atom stereocenters. The molecule has 2 heterocycles. The van der Waals surface area contributed by atoms with Gasteiger partial charge in [0.15, 0.2) is 0 Å². The molecule has 0 saturated heterocycles. The smallest absolute Gasteiger partial charge is 0.243 e. The van der Waals surface area contributed by atoms with Crippen molar-refractivity contribution in [3.63, 3.8) is 0 Å². The van der Waals surface area contributed by atoms with Crippen LogP contribution in [0.5, 0.6) is 0 Å². The van der Waals surface area contributed by atoms with E-state index < -0.39 is 10.0 Å². The molecule has 10 nitrogen and oxygen atoms in total. The summed E-state index contributed by atoms with van der Waals surface area (Å²) >= 11 is 0. The van der Waals surface area contributed by atoms with Crippen molar-refractivity contribution in [2.24, 2.45) is 0 Å². The van der Waals surface area contributed by atoms with Gasteiger partial charge in [0.1, 0.15) is 11.6 Å². The maximum atomic E-state index is 12.9. The number of rotatable bonds is 20. The Kier molecular flexibility index (Phi) is 16.1. The van der Waals surface area contributed by atoms with Crippen LogP contribution in [0.1, 0.15) is 95.6 Å². The van der Waals surface area contributed by atoms with E-state index >= 15 is 0 Å². The van der Waals surface area contributed by atoms with Gasteiger partial charge in [-0.05, 0) is 102 Å². The predicted molar refractivity (Wildman–Crippen MR) is 199 cm³/mol. The van der Waals surface area contributed by atoms with E-state index in [1.165, 1.54) is 11.1 Å². The molecule has 2 aromatic heterocycles. The lowest BCUT2D eigenvalue weighted by Crippen LogP contribution is -2.37. The van der Waals surface area contributed by atoms with Gasteiger partial charge in [-0.2, -0.15) is 4.31 Å². The third-order valence-corrected chi connectivity index (χ3v) is 10.6. The maximum absolute atomic E-state index is 12.9. The summed E-state index contributed by atoms with van der Waals surface area (Å²) in [6.07, 6.45) is 13.5. The highest BCUT2D eigenvalue weighted by atomic mass is 32.2. The summed E-state index contributed by atoms with van der Waals surface area (Å²) in [5.74, 6) is 2.04. The van der Waals surface area contributed by atoms with Crippen LogP contribution in [0.2, 0.25) is 0 Å². The summed E-state index contributed by atoms with van der Waals surface area (Å²) in [7, 11) is -3.43. The Labute approximate surface area is 294 Å². The van der Waals surface area contributed by atoms with Crippen LogP contribution in [0.3, 0.4) is 0 Å². The van der Waals surface area contributed by atoms with Crippen LogP contribution in [0.15, 0.2) is 78.2 Å². The van der Waals surface area contributed by atoms with Gasteiger partial charge in [0, 0.05) is 68.4 Å². The molecule has 0 amide bonds. The first-order valence-corrected chi connectivity index (χ1v) is 19.1. The number of sulfonamides is 1. The van der Waals surface area contributed by atoms with Crippen LogP contribution in [-0.4, -0.2) is 70.6 Å². The van der Waals surface area contributed by atoms with Gasteiger partial charge in [-0.15, -0.1) is 0 Å². The lowest BCUT2D eigenvalue weighted by atomic mass is 9.93. The van der Waals surface area contributed by atoms with Gasteiger partial charge >= 0.3 is 0 Å². The van der Waals surface area contributed by atoms with Crippen LogP contribution in [0.4, 0.5) is 0 Å². The molecular formula is C38H59N7O3S. The molecule has 2 aromatic carbocycles. The molecule has 0 spiro atoms. The van der Waals surface area contributed by atoms with Crippen molar-refractivity contribution < 1.29 is 13.5 Å². The van der Waals surface area contributed by atoms with E-state index in [0.29, 0.717) is 18.0 Å². The lowest BCUT2D eigenvalue weighted by molar-refractivity contribution is 0.299. The van der Waals surface area contributed by atoms with Crippen LogP contribution in [0, 0.1) is 0 Å². The fraction of sp³-hybridized carbons (Fsp3) is 0.526. The average Bonchev–Trinajstić information content (AvgIpc) is 3.81. The fourth-order valence-electron chi connectivity index (χ4n) is 5.65. The standard InChI is InChI=1S/C21H34N4O2S.C17H25N3O/c1-5-16-25(17-6-2)28(26,27)19-11-9-18(10-12-19)21(3,4)24-13-7-8-20-22-14-15-23-20;1-17(2,15-7-5-14(6-8-15)9-13-21)20-10-3-4-16-18-11-12-19-16/h9-12,14-15,24H,5-8,13,16-17H2,1-4H3,(H,22,23);5-8,11-12,20-21H,3-4,9-10,13H2,1-2H3,(H,18,19). The fourth-order valence-corrected chi connectivity index (χ4v) is 7.27. The molecule has 0 bridgehead atoms. The second-order valence-electron chi connectivity index (χ2n) is 13.5. The number of H-pyrrole nitrogens is 2. The zero-order valence-electron chi connectivity index (χ0n) is 30.4. The monoisotopic (exact) mass is 693 g/mol. The predicted octanol–water partition coefficient (Wildman–Crippen LogP) is 6.08. The summed E-state index contributed by atoms with van der Waals surface area (Å²) in [5.41, 5.74) is 3.22. The molecule has 4 aromatic rings. The molecule has 0 fully saturated rings. The zero-order valence-corrected chi connectivity index (χ0v) is 31.2. The van der Waals surface area contributed by atoms with E-state index in [9.17, 15) is 8.42 Å².